The SMILES string of the molecule is CC[C@@H](C)NC(=O)[C@@H](Cc1ccccc1)N(Cc1cccc(OC)c1)C(=O)CN(c1cc(Cl)ccc1C)S(C)(=O)=O. The van der Waals surface area contributed by atoms with Gasteiger partial charge in [0.1, 0.15) is 18.3 Å². The lowest BCUT2D eigenvalue weighted by molar-refractivity contribution is -0.140. The first-order chi connectivity index (χ1) is 19.4. The number of anilines is 1. The van der Waals surface area contributed by atoms with E-state index in [1.807, 2.05) is 50.2 Å². The van der Waals surface area contributed by atoms with Crippen molar-refractivity contribution in [2.75, 3.05) is 24.2 Å². The van der Waals surface area contributed by atoms with Crippen molar-refractivity contribution in [1.29, 1.82) is 0 Å². The number of nitrogens with zero attached hydrogens (tertiary/aromatic N) is 2. The minimum Gasteiger partial charge on any atom is -0.497 e. The summed E-state index contributed by atoms with van der Waals surface area (Å²) < 4.78 is 32.4. The third kappa shape index (κ3) is 8.96. The fraction of sp³-hybridized carbons (Fsp3) is 0.355. The number of sulfonamides is 1. The molecule has 0 fully saturated rings. The molecule has 0 bridgehead atoms. The lowest BCUT2D eigenvalue weighted by atomic mass is 10.0. The summed E-state index contributed by atoms with van der Waals surface area (Å²) in [7, 11) is -2.34. The van der Waals surface area contributed by atoms with Crippen LogP contribution in [0.2, 0.25) is 5.02 Å². The standard InChI is InChI=1S/C31H38ClN3O5S/c1-6-23(3)33-31(37)29(18-24-11-8-7-9-12-24)34(20-25-13-10-14-27(17-25)40-4)30(36)21-35(41(5,38)39)28-19-26(32)16-15-22(28)2/h7-17,19,23,29H,6,18,20-21H2,1-5H3,(H,33,37)/t23-,29-/m1/s1. The molecule has 0 unspecified atom stereocenters. The molecule has 3 aromatic carbocycles. The van der Waals surface area contributed by atoms with Crippen LogP contribution in [0.4, 0.5) is 5.69 Å². The second-order valence-electron chi connectivity index (χ2n) is 10.1. The Kier molecular flexibility index (Phi) is 11.2. The number of methoxy groups -OCH3 is 1. The smallest absolute Gasteiger partial charge is 0.244 e. The van der Waals surface area contributed by atoms with E-state index in [1.165, 1.54) is 11.0 Å². The Bertz CT molecular complexity index is 1450. The molecule has 0 spiro atoms. The van der Waals surface area contributed by atoms with Crippen LogP contribution in [-0.4, -0.2) is 57.1 Å². The molecule has 0 aromatic heterocycles. The highest BCUT2D eigenvalue weighted by Crippen LogP contribution is 2.27. The second kappa shape index (κ2) is 14.4. The first-order valence-electron chi connectivity index (χ1n) is 13.4. The number of hydrogen-bond donors (Lipinski definition) is 1. The van der Waals surface area contributed by atoms with Crippen molar-refractivity contribution >= 4 is 39.1 Å². The predicted octanol–water partition coefficient (Wildman–Crippen LogP) is 4.98. The molecule has 2 atom stereocenters. The molecule has 0 aliphatic heterocycles. The number of benzene rings is 3. The van der Waals surface area contributed by atoms with Gasteiger partial charge in [0.25, 0.3) is 0 Å². The van der Waals surface area contributed by atoms with Gasteiger partial charge in [0.15, 0.2) is 0 Å². The topological polar surface area (TPSA) is 96.0 Å². The molecule has 0 aliphatic rings. The van der Waals surface area contributed by atoms with Crippen molar-refractivity contribution in [3.05, 3.63) is 94.5 Å². The maximum absolute atomic E-state index is 14.2. The van der Waals surface area contributed by atoms with E-state index in [4.69, 9.17) is 16.3 Å². The Hall–Kier alpha value is -3.56. The Labute approximate surface area is 248 Å². The van der Waals surface area contributed by atoms with Crippen LogP contribution in [0.25, 0.3) is 0 Å². The van der Waals surface area contributed by atoms with Gasteiger partial charge in [-0.15, -0.1) is 0 Å². The Morgan fingerprint density at radius 2 is 1.68 bits per heavy atom. The van der Waals surface area contributed by atoms with Crippen LogP contribution >= 0.6 is 11.6 Å². The van der Waals surface area contributed by atoms with E-state index in [9.17, 15) is 18.0 Å². The zero-order valence-electron chi connectivity index (χ0n) is 24.1. The molecule has 1 N–H and O–H groups in total. The Balaban J connectivity index is 2.10. The van der Waals surface area contributed by atoms with Crippen LogP contribution in [-0.2, 0) is 32.6 Å². The summed E-state index contributed by atoms with van der Waals surface area (Å²) in [4.78, 5) is 29.4. The average Bonchev–Trinajstić information content (AvgIpc) is 2.94. The predicted molar refractivity (Wildman–Crippen MR) is 164 cm³/mol. The van der Waals surface area contributed by atoms with E-state index in [1.54, 1.807) is 44.4 Å². The van der Waals surface area contributed by atoms with E-state index in [-0.39, 0.29) is 24.9 Å². The largest absolute Gasteiger partial charge is 0.497 e. The molecule has 0 heterocycles. The van der Waals surface area contributed by atoms with Crippen molar-refractivity contribution in [1.82, 2.24) is 10.2 Å². The molecule has 41 heavy (non-hydrogen) atoms. The van der Waals surface area contributed by atoms with E-state index in [2.05, 4.69) is 5.32 Å². The van der Waals surface area contributed by atoms with E-state index < -0.39 is 28.5 Å². The molecule has 2 amide bonds. The minimum absolute atomic E-state index is 0.0631. The Morgan fingerprint density at radius 3 is 2.32 bits per heavy atom. The third-order valence-electron chi connectivity index (χ3n) is 6.88. The number of carbonyl (C=O) groups excluding carboxylic acids is 2. The monoisotopic (exact) mass is 599 g/mol. The average molecular weight is 600 g/mol. The van der Waals surface area contributed by atoms with Gasteiger partial charge < -0.3 is 15.0 Å². The third-order valence-corrected chi connectivity index (χ3v) is 8.24. The summed E-state index contributed by atoms with van der Waals surface area (Å²) in [5.74, 6) is -0.243. The number of aryl methyl sites for hydroxylation is 1. The molecule has 0 saturated carbocycles. The van der Waals surface area contributed by atoms with Gasteiger partial charge in [-0.25, -0.2) is 8.42 Å². The second-order valence-corrected chi connectivity index (χ2v) is 12.4. The van der Waals surface area contributed by atoms with Crippen molar-refractivity contribution in [2.45, 2.75) is 52.2 Å². The summed E-state index contributed by atoms with van der Waals surface area (Å²) in [6.45, 7) is 5.17. The van der Waals surface area contributed by atoms with Gasteiger partial charge in [-0.05, 0) is 61.2 Å². The minimum atomic E-state index is -3.89. The highest BCUT2D eigenvalue weighted by Gasteiger charge is 2.33. The van der Waals surface area contributed by atoms with Gasteiger partial charge in [-0.3, -0.25) is 13.9 Å². The summed E-state index contributed by atoms with van der Waals surface area (Å²) in [6, 6.07) is 20.5. The maximum Gasteiger partial charge on any atom is 0.244 e. The molecule has 3 aromatic rings. The lowest BCUT2D eigenvalue weighted by Gasteiger charge is -2.34. The number of nitrogens with one attached hydrogen (secondary N) is 1. The van der Waals surface area contributed by atoms with Gasteiger partial charge >= 0.3 is 0 Å². The van der Waals surface area contributed by atoms with Crippen LogP contribution in [0, 0.1) is 6.92 Å². The molecule has 0 saturated heterocycles. The number of amides is 2. The summed E-state index contributed by atoms with van der Waals surface area (Å²) in [5, 5.41) is 3.36. The lowest BCUT2D eigenvalue weighted by Crippen LogP contribution is -2.54. The number of carbonyl (C=O) groups is 2. The van der Waals surface area contributed by atoms with Crippen molar-refractivity contribution in [3.63, 3.8) is 0 Å². The maximum atomic E-state index is 14.2. The summed E-state index contributed by atoms with van der Waals surface area (Å²) in [6.07, 6.45) is 2.00. The van der Waals surface area contributed by atoms with Crippen LogP contribution in [0.15, 0.2) is 72.8 Å². The first-order valence-corrected chi connectivity index (χ1v) is 15.7. The molecule has 220 valence electrons. The molecular weight excluding hydrogens is 562 g/mol. The quantitative estimate of drug-likeness (QED) is 0.299. The summed E-state index contributed by atoms with van der Waals surface area (Å²) in [5.41, 5.74) is 2.54. The van der Waals surface area contributed by atoms with Crippen molar-refractivity contribution < 1.29 is 22.7 Å². The number of ether oxygens (including phenoxy) is 1. The van der Waals surface area contributed by atoms with E-state index >= 15 is 0 Å². The normalized spacial score (nSPS) is 12.7. The van der Waals surface area contributed by atoms with E-state index in [0.717, 1.165) is 21.7 Å². The fourth-order valence-electron chi connectivity index (χ4n) is 4.41. The number of hydrogen-bond acceptors (Lipinski definition) is 5. The molecule has 8 nitrogen and oxygen atoms in total. The van der Waals surface area contributed by atoms with Crippen molar-refractivity contribution in [2.24, 2.45) is 0 Å². The molecule has 0 radical (unpaired) electrons. The van der Waals surface area contributed by atoms with Gasteiger partial charge in [0.2, 0.25) is 21.8 Å². The van der Waals surface area contributed by atoms with Gasteiger partial charge in [0.05, 0.1) is 19.1 Å². The van der Waals surface area contributed by atoms with Crippen LogP contribution in [0.1, 0.15) is 37.0 Å². The highest BCUT2D eigenvalue weighted by atomic mass is 35.5. The van der Waals surface area contributed by atoms with Crippen LogP contribution < -0.4 is 14.4 Å². The molecule has 3 rings (SSSR count). The van der Waals surface area contributed by atoms with Crippen LogP contribution in [0.5, 0.6) is 5.75 Å². The number of rotatable bonds is 13. The highest BCUT2D eigenvalue weighted by molar-refractivity contribution is 7.92. The summed E-state index contributed by atoms with van der Waals surface area (Å²) >= 11 is 6.21. The molecular formula is C31H38ClN3O5S. The molecule has 0 aliphatic carbocycles. The van der Waals surface area contributed by atoms with Crippen molar-refractivity contribution in [3.8, 4) is 5.75 Å². The molecule has 10 heteroatoms. The first kappa shape index (κ1) is 32.0. The van der Waals surface area contributed by atoms with Crippen LogP contribution in [0.3, 0.4) is 0 Å². The van der Waals surface area contributed by atoms with Gasteiger partial charge in [0, 0.05) is 24.0 Å². The number of halogens is 1. The van der Waals surface area contributed by atoms with Gasteiger partial charge in [-0.1, -0.05) is 67.1 Å². The zero-order chi connectivity index (χ0) is 30.2. The zero-order valence-corrected chi connectivity index (χ0v) is 25.7. The van der Waals surface area contributed by atoms with E-state index in [0.29, 0.717) is 28.4 Å². The fourth-order valence-corrected chi connectivity index (χ4v) is 5.47. The Morgan fingerprint density at radius 1 is 1.00 bits per heavy atom. The van der Waals surface area contributed by atoms with Gasteiger partial charge in [-0.2, -0.15) is 0 Å².